The van der Waals surface area contributed by atoms with Gasteiger partial charge < -0.3 is 10.1 Å². The minimum atomic E-state index is 0.775. The van der Waals surface area contributed by atoms with Gasteiger partial charge in [-0.2, -0.15) is 0 Å². The van der Waals surface area contributed by atoms with Crippen LogP contribution in [0.2, 0.25) is 0 Å². The molecule has 0 spiro atoms. The summed E-state index contributed by atoms with van der Waals surface area (Å²) >= 11 is 1.60. The normalized spacial score (nSPS) is 10.8. The van der Waals surface area contributed by atoms with Gasteiger partial charge in [0.15, 0.2) is 0 Å². The van der Waals surface area contributed by atoms with E-state index in [-0.39, 0.29) is 0 Å². The number of methoxy groups -OCH3 is 1. The average molecular weight is 293 g/mol. The molecule has 1 aromatic heterocycles. The van der Waals surface area contributed by atoms with Gasteiger partial charge in [-0.1, -0.05) is 24.8 Å². The summed E-state index contributed by atoms with van der Waals surface area (Å²) in [5.41, 5.74) is 2.40. The van der Waals surface area contributed by atoms with Gasteiger partial charge in [0.25, 0.3) is 0 Å². The minimum Gasteiger partial charge on any atom is -0.496 e. The third-order valence-corrected chi connectivity index (χ3v) is 3.92. The highest BCUT2D eigenvalue weighted by Crippen LogP contribution is 2.27. The lowest BCUT2D eigenvalue weighted by Gasteiger charge is -2.10. The van der Waals surface area contributed by atoms with Crippen molar-refractivity contribution in [3.63, 3.8) is 0 Å². The Balaban J connectivity index is 2.09. The summed E-state index contributed by atoms with van der Waals surface area (Å²) in [4.78, 5) is 0. The number of nitrogens with one attached hydrogen (secondary N) is 1. The van der Waals surface area contributed by atoms with Crippen molar-refractivity contribution in [2.24, 2.45) is 7.05 Å². The Morgan fingerprint density at radius 1 is 1.40 bits per heavy atom. The van der Waals surface area contributed by atoms with Crippen LogP contribution in [0.25, 0.3) is 0 Å². The molecule has 6 nitrogen and oxygen atoms in total. The van der Waals surface area contributed by atoms with Gasteiger partial charge in [-0.05, 0) is 34.7 Å². The predicted octanol–water partition coefficient (Wildman–Crippen LogP) is 1.62. The predicted molar refractivity (Wildman–Crippen MR) is 78.7 cm³/mol. The van der Waals surface area contributed by atoms with E-state index in [2.05, 4.69) is 39.9 Å². The SMILES string of the molecule is CCNCc1ccc(OC)c(CSc2nnnn2C)c1. The van der Waals surface area contributed by atoms with Crippen LogP contribution < -0.4 is 10.1 Å². The second-order valence-electron chi connectivity index (χ2n) is 4.30. The molecule has 1 N–H and O–H groups in total. The fraction of sp³-hybridized carbons (Fsp3) is 0.462. The largest absolute Gasteiger partial charge is 0.496 e. The quantitative estimate of drug-likeness (QED) is 0.783. The molecule has 0 saturated heterocycles. The number of aromatic nitrogens is 4. The first-order valence-electron chi connectivity index (χ1n) is 6.46. The maximum Gasteiger partial charge on any atom is 0.209 e. The summed E-state index contributed by atoms with van der Waals surface area (Å²) in [6.07, 6.45) is 0. The second-order valence-corrected chi connectivity index (χ2v) is 5.24. The van der Waals surface area contributed by atoms with Crippen molar-refractivity contribution in [2.45, 2.75) is 24.4 Å². The van der Waals surface area contributed by atoms with E-state index in [0.29, 0.717) is 0 Å². The van der Waals surface area contributed by atoms with Crippen LogP contribution >= 0.6 is 11.8 Å². The molecule has 20 heavy (non-hydrogen) atoms. The van der Waals surface area contributed by atoms with E-state index in [1.165, 1.54) is 5.56 Å². The van der Waals surface area contributed by atoms with Crippen LogP contribution in [0.3, 0.4) is 0 Å². The Morgan fingerprint density at radius 2 is 2.25 bits per heavy atom. The topological polar surface area (TPSA) is 64.9 Å². The highest BCUT2D eigenvalue weighted by molar-refractivity contribution is 7.98. The number of nitrogens with zero attached hydrogens (tertiary/aromatic N) is 4. The molecule has 0 aliphatic heterocycles. The minimum absolute atomic E-state index is 0.775. The molecule has 0 bridgehead atoms. The van der Waals surface area contributed by atoms with Gasteiger partial charge in [0.2, 0.25) is 5.16 Å². The fourth-order valence-electron chi connectivity index (χ4n) is 1.81. The molecule has 2 aromatic rings. The molecule has 0 amide bonds. The molecule has 0 fully saturated rings. The van der Waals surface area contributed by atoms with Gasteiger partial charge in [0.1, 0.15) is 5.75 Å². The van der Waals surface area contributed by atoms with Crippen molar-refractivity contribution in [2.75, 3.05) is 13.7 Å². The molecule has 1 aromatic carbocycles. The molecule has 0 aliphatic rings. The Hall–Kier alpha value is -1.60. The molecule has 0 atom stereocenters. The van der Waals surface area contributed by atoms with E-state index in [9.17, 15) is 0 Å². The lowest BCUT2D eigenvalue weighted by molar-refractivity contribution is 0.411. The third kappa shape index (κ3) is 3.71. The summed E-state index contributed by atoms with van der Waals surface area (Å²) < 4.78 is 7.08. The van der Waals surface area contributed by atoms with Crippen LogP contribution in [0.4, 0.5) is 0 Å². The summed E-state index contributed by atoms with van der Waals surface area (Å²) in [6.45, 7) is 3.92. The van der Waals surface area contributed by atoms with Crippen LogP contribution in [0, 0.1) is 0 Å². The third-order valence-electron chi connectivity index (χ3n) is 2.86. The monoisotopic (exact) mass is 293 g/mol. The number of hydrogen-bond acceptors (Lipinski definition) is 6. The average Bonchev–Trinajstić information content (AvgIpc) is 2.88. The molecule has 0 unspecified atom stereocenters. The van der Waals surface area contributed by atoms with Crippen LogP contribution in [-0.4, -0.2) is 33.9 Å². The first-order chi connectivity index (χ1) is 9.74. The van der Waals surface area contributed by atoms with Crippen molar-refractivity contribution in [3.8, 4) is 5.75 Å². The molecule has 7 heteroatoms. The molecular formula is C13H19N5OS. The lowest BCUT2D eigenvalue weighted by atomic mass is 10.1. The zero-order chi connectivity index (χ0) is 14.4. The smallest absolute Gasteiger partial charge is 0.209 e. The molecule has 0 aliphatic carbocycles. The first-order valence-corrected chi connectivity index (χ1v) is 7.44. The number of aryl methyl sites for hydroxylation is 1. The van der Waals surface area contributed by atoms with Gasteiger partial charge in [0, 0.05) is 24.9 Å². The fourth-order valence-corrected chi connectivity index (χ4v) is 2.64. The van der Waals surface area contributed by atoms with Gasteiger partial charge in [-0.25, -0.2) is 4.68 Å². The van der Waals surface area contributed by atoms with Crippen LogP contribution in [-0.2, 0) is 19.3 Å². The number of thioether (sulfide) groups is 1. The van der Waals surface area contributed by atoms with Crippen molar-refractivity contribution < 1.29 is 4.74 Å². The number of ether oxygens (including phenoxy) is 1. The van der Waals surface area contributed by atoms with Gasteiger partial charge in [-0.15, -0.1) is 5.10 Å². The van der Waals surface area contributed by atoms with E-state index < -0.39 is 0 Å². The van der Waals surface area contributed by atoms with Crippen LogP contribution in [0.5, 0.6) is 5.75 Å². The Labute approximate surface area is 122 Å². The van der Waals surface area contributed by atoms with Crippen LogP contribution in [0.1, 0.15) is 18.1 Å². The summed E-state index contributed by atoms with van der Waals surface area (Å²) in [6, 6.07) is 6.26. The summed E-state index contributed by atoms with van der Waals surface area (Å²) in [7, 11) is 3.53. The van der Waals surface area contributed by atoms with E-state index in [1.807, 2.05) is 13.1 Å². The Morgan fingerprint density at radius 3 is 2.90 bits per heavy atom. The Kier molecular flexibility index (Phi) is 5.37. The lowest BCUT2D eigenvalue weighted by Crippen LogP contribution is -2.11. The van der Waals surface area contributed by atoms with Crippen LogP contribution in [0.15, 0.2) is 23.4 Å². The van der Waals surface area contributed by atoms with Gasteiger partial charge in [-0.3, -0.25) is 0 Å². The maximum absolute atomic E-state index is 5.41. The molecule has 1 heterocycles. The van der Waals surface area contributed by atoms with Crippen molar-refractivity contribution in [3.05, 3.63) is 29.3 Å². The summed E-state index contributed by atoms with van der Waals surface area (Å²) in [5.74, 6) is 1.67. The van der Waals surface area contributed by atoms with E-state index >= 15 is 0 Å². The van der Waals surface area contributed by atoms with E-state index in [1.54, 1.807) is 23.6 Å². The highest BCUT2D eigenvalue weighted by atomic mass is 32.2. The van der Waals surface area contributed by atoms with Crippen molar-refractivity contribution >= 4 is 11.8 Å². The van der Waals surface area contributed by atoms with E-state index in [0.717, 1.165) is 35.3 Å². The summed E-state index contributed by atoms with van der Waals surface area (Å²) in [5, 5.41) is 15.5. The van der Waals surface area contributed by atoms with Crippen molar-refractivity contribution in [1.29, 1.82) is 0 Å². The number of hydrogen-bond donors (Lipinski definition) is 1. The molecule has 0 saturated carbocycles. The second kappa shape index (κ2) is 7.25. The zero-order valence-corrected chi connectivity index (χ0v) is 12.8. The molecule has 2 rings (SSSR count). The number of tetrazole rings is 1. The molecule has 108 valence electrons. The number of benzene rings is 1. The van der Waals surface area contributed by atoms with Gasteiger partial charge in [0.05, 0.1) is 7.11 Å². The highest BCUT2D eigenvalue weighted by Gasteiger charge is 2.08. The molecule has 0 radical (unpaired) electrons. The zero-order valence-electron chi connectivity index (χ0n) is 12.0. The van der Waals surface area contributed by atoms with E-state index in [4.69, 9.17) is 4.74 Å². The molecular weight excluding hydrogens is 274 g/mol. The first kappa shape index (κ1) is 14.8. The van der Waals surface area contributed by atoms with Gasteiger partial charge >= 0.3 is 0 Å². The number of rotatable bonds is 7. The maximum atomic E-state index is 5.41. The standard InChI is InChI=1S/C13H19N5OS/c1-4-14-8-10-5-6-12(19-3)11(7-10)9-20-13-15-16-17-18(13)2/h5-7,14H,4,8-9H2,1-3H3. The van der Waals surface area contributed by atoms with Crippen molar-refractivity contribution in [1.82, 2.24) is 25.5 Å². The Bertz CT molecular complexity index is 557.